The Morgan fingerprint density at radius 2 is 1.81 bits per heavy atom. The lowest BCUT2D eigenvalue weighted by Gasteiger charge is -2.24. The molecule has 3 atom stereocenters. The summed E-state index contributed by atoms with van der Waals surface area (Å²) in [6, 6.07) is -0.319. The topological polar surface area (TPSA) is 57.6 Å². The average molecular weight is 225 g/mol. The summed E-state index contributed by atoms with van der Waals surface area (Å²) in [7, 11) is 0. The molecule has 90 valence electrons. The molecular formula is C12H19NO3. The van der Waals surface area contributed by atoms with Crippen LogP contribution in [0.15, 0.2) is 0 Å². The van der Waals surface area contributed by atoms with Crippen molar-refractivity contribution >= 4 is 11.8 Å². The molecule has 1 heterocycles. The Hall–Kier alpha value is -0.900. The first-order valence-electron chi connectivity index (χ1n) is 6.07. The zero-order chi connectivity index (χ0) is 11.9. The van der Waals surface area contributed by atoms with Crippen LogP contribution in [0.4, 0.5) is 0 Å². The van der Waals surface area contributed by atoms with Crippen molar-refractivity contribution in [1.82, 2.24) is 4.90 Å². The number of amides is 2. The van der Waals surface area contributed by atoms with Crippen molar-refractivity contribution < 1.29 is 14.7 Å². The lowest BCUT2D eigenvalue weighted by Crippen LogP contribution is -2.43. The van der Waals surface area contributed by atoms with Crippen molar-refractivity contribution in [2.45, 2.75) is 39.2 Å². The third kappa shape index (κ3) is 1.56. The largest absolute Gasteiger partial charge is 0.394 e. The van der Waals surface area contributed by atoms with Crippen molar-refractivity contribution in [3.63, 3.8) is 0 Å². The normalized spacial score (nSPS) is 35.7. The predicted molar refractivity (Wildman–Crippen MR) is 58.4 cm³/mol. The van der Waals surface area contributed by atoms with Gasteiger partial charge in [0.1, 0.15) is 0 Å². The monoisotopic (exact) mass is 225 g/mol. The third-order valence-electron chi connectivity index (χ3n) is 3.95. The molecule has 4 nitrogen and oxygen atoms in total. The van der Waals surface area contributed by atoms with E-state index in [1.165, 1.54) is 4.90 Å². The van der Waals surface area contributed by atoms with Crippen LogP contribution < -0.4 is 0 Å². The van der Waals surface area contributed by atoms with Crippen molar-refractivity contribution in [3.05, 3.63) is 0 Å². The summed E-state index contributed by atoms with van der Waals surface area (Å²) in [4.78, 5) is 25.5. The molecule has 2 fully saturated rings. The zero-order valence-electron chi connectivity index (χ0n) is 9.85. The molecule has 0 bridgehead atoms. The molecule has 2 aliphatic rings. The fourth-order valence-corrected chi connectivity index (χ4v) is 3.06. The van der Waals surface area contributed by atoms with E-state index in [1.807, 2.05) is 6.92 Å². The molecule has 0 aromatic heterocycles. The van der Waals surface area contributed by atoms with E-state index in [4.69, 9.17) is 0 Å². The summed E-state index contributed by atoms with van der Waals surface area (Å²) in [5, 5.41) is 9.19. The lowest BCUT2D eigenvalue weighted by molar-refractivity contribution is -0.144. The van der Waals surface area contributed by atoms with Crippen LogP contribution in [-0.2, 0) is 9.59 Å². The minimum Gasteiger partial charge on any atom is -0.394 e. The first-order chi connectivity index (χ1) is 7.60. The first-order valence-corrected chi connectivity index (χ1v) is 6.07. The van der Waals surface area contributed by atoms with Crippen molar-refractivity contribution in [1.29, 1.82) is 0 Å². The number of aliphatic hydroxyl groups excluding tert-OH is 1. The molecule has 1 saturated carbocycles. The number of carbonyl (C=O) groups is 2. The van der Waals surface area contributed by atoms with Gasteiger partial charge in [0.05, 0.1) is 24.5 Å². The smallest absolute Gasteiger partial charge is 0.233 e. The number of fused-ring (bicyclic) bond motifs is 1. The van der Waals surface area contributed by atoms with Crippen LogP contribution in [0.3, 0.4) is 0 Å². The van der Waals surface area contributed by atoms with E-state index >= 15 is 0 Å². The third-order valence-corrected chi connectivity index (χ3v) is 3.95. The average Bonchev–Trinajstić information content (AvgIpc) is 2.74. The van der Waals surface area contributed by atoms with Crippen LogP contribution in [0.2, 0.25) is 0 Å². The summed E-state index contributed by atoms with van der Waals surface area (Å²) >= 11 is 0. The molecule has 0 aromatic carbocycles. The maximum Gasteiger partial charge on any atom is 0.233 e. The second kappa shape index (κ2) is 4.17. The highest BCUT2D eigenvalue weighted by atomic mass is 16.3. The van der Waals surface area contributed by atoms with Gasteiger partial charge in [-0.3, -0.25) is 14.5 Å². The van der Waals surface area contributed by atoms with Crippen molar-refractivity contribution in [2.75, 3.05) is 6.61 Å². The Bertz CT molecular complexity index is 287. The molecule has 1 aliphatic heterocycles. The number of nitrogens with zero attached hydrogens (tertiary/aromatic N) is 1. The van der Waals surface area contributed by atoms with E-state index < -0.39 is 0 Å². The van der Waals surface area contributed by atoms with E-state index in [0.717, 1.165) is 12.8 Å². The maximum absolute atomic E-state index is 12.1. The van der Waals surface area contributed by atoms with Crippen molar-refractivity contribution in [3.8, 4) is 0 Å². The van der Waals surface area contributed by atoms with Gasteiger partial charge in [-0.15, -0.1) is 0 Å². The predicted octanol–water partition coefficient (Wildman–Crippen LogP) is 0.788. The Balaban J connectivity index is 2.20. The van der Waals surface area contributed by atoms with Crippen LogP contribution in [0.1, 0.15) is 33.1 Å². The minimum atomic E-state index is -0.319. The van der Waals surface area contributed by atoms with Crippen LogP contribution in [-0.4, -0.2) is 34.5 Å². The number of hydrogen-bond donors (Lipinski definition) is 1. The SMILES string of the molecule is CC[C@@H](CO)N1C(=O)C2CC(C)CC2C1=O. The number of aliphatic hydroxyl groups is 1. The van der Waals surface area contributed by atoms with Crippen LogP contribution in [0.5, 0.6) is 0 Å². The number of hydrogen-bond acceptors (Lipinski definition) is 3. The molecule has 2 rings (SSSR count). The summed E-state index contributed by atoms with van der Waals surface area (Å²) < 4.78 is 0. The van der Waals surface area contributed by atoms with Gasteiger partial charge in [0.2, 0.25) is 11.8 Å². The molecule has 1 N–H and O–H groups in total. The van der Waals surface area contributed by atoms with Gasteiger partial charge in [0.25, 0.3) is 0 Å². The molecule has 16 heavy (non-hydrogen) atoms. The van der Waals surface area contributed by atoms with Gasteiger partial charge >= 0.3 is 0 Å². The molecule has 2 amide bonds. The highest BCUT2D eigenvalue weighted by Gasteiger charge is 2.53. The lowest BCUT2D eigenvalue weighted by atomic mass is 10.00. The Morgan fingerprint density at radius 1 is 1.31 bits per heavy atom. The molecule has 0 aromatic rings. The minimum absolute atomic E-state index is 0.0553. The second-order valence-electron chi connectivity index (χ2n) is 5.08. The quantitative estimate of drug-likeness (QED) is 0.722. The Kier molecular flexibility index (Phi) is 3.02. The molecule has 1 aliphatic carbocycles. The number of imide groups is 1. The molecule has 4 heteroatoms. The van der Waals surface area contributed by atoms with Gasteiger partial charge < -0.3 is 5.11 Å². The summed E-state index contributed by atoms with van der Waals surface area (Å²) in [6.07, 6.45) is 2.28. The highest BCUT2D eigenvalue weighted by molar-refractivity contribution is 6.05. The zero-order valence-corrected chi connectivity index (χ0v) is 9.85. The molecule has 0 spiro atoms. The fraction of sp³-hybridized carbons (Fsp3) is 0.833. The van der Waals surface area contributed by atoms with Gasteiger partial charge in [-0.05, 0) is 25.2 Å². The Morgan fingerprint density at radius 3 is 2.19 bits per heavy atom. The maximum atomic E-state index is 12.1. The van der Waals surface area contributed by atoms with Crippen LogP contribution in [0.25, 0.3) is 0 Å². The fourth-order valence-electron chi connectivity index (χ4n) is 3.06. The highest BCUT2D eigenvalue weighted by Crippen LogP contribution is 2.43. The van der Waals surface area contributed by atoms with E-state index in [0.29, 0.717) is 12.3 Å². The second-order valence-corrected chi connectivity index (χ2v) is 5.08. The number of rotatable bonds is 3. The van der Waals surface area contributed by atoms with E-state index in [1.54, 1.807) is 0 Å². The van der Waals surface area contributed by atoms with Crippen LogP contribution >= 0.6 is 0 Å². The van der Waals surface area contributed by atoms with Gasteiger partial charge in [0.15, 0.2) is 0 Å². The van der Waals surface area contributed by atoms with E-state index in [-0.39, 0.29) is 36.3 Å². The summed E-state index contributed by atoms with van der Waals surface area (Å²) in [5.74, 6) is 0.144. The van der Waals surface area contributed by atoms with E-state index in [2.05, 4.69) is 6.92 Å². The molecular weight excluding hydrogens is 206 g/mol. The summed E-state index contributed by atoms with van der Waals surface area (Å²) in [6.45, 7) is 3.85. The van der Waals surface area contributed by atoms with Gasteiger partial charge in [-0.25, -0.2) is 0 Å². The number of likely N-dealkylation sites (tertiary alicyclic amines) is 1. The molecule has 0 radical (unpaired) electrons. The van der Waals surface area contributed by atoms with Gasteiger partial charge in [-0.2, -0.15) is 0 Å². The van der Waals surface area contributed by atoms with Crippen molar-refractivity contribution in [2.24, 2.45) is 17.8 Å². The van der Waals surface area contributed by atoms with Gasteiger partial charge in [0, 0.05) is 0 Å². The Labute approximate surface area is 95.6 Å². The van der Waals surface area contributed by atoms with Gasteiger partial charge in [-0.1, -0.05) is 13.8 Å². The summed E-state index contributed by atoms with van der Waals surface area (Å²) in [5.41, 5.74) is 0. The molecule has 2 unspecified atom stereocenters. The molecule has 1 saturated heterocycles. The van der Waals surface area contributed by atoms with Crippen LogP contribution in [0, 0.1) is 17.8 Å². The first kappa shape index (κ1) is 11.6. The van der Waals surface area contributed by atoms with E-state index in [9.17, 15) is 14.7 Å². The standard InChI is InChI=1S/C12H19NO3/c1-3-8(6-14)13-11(15)9-4-7(2)5-10(9)12(13)16/h7-10,14H,3-6H2,1-2H3/t7?,8-,9?,10?/m0/s1. The number of carbonyl (C=O) groups excluding carboxylic acids is 2.